The first-order valence-electron chi connectivity index (χ1n) is 17.5. The Kier molecular flexibility index (Phi) is 8.20. The van der Waals surface area contributed by atoms with E-state index >= 15 is 0 Å². The van der Waals surface area contributed by atoms with E-state index in [1.165, 1.54) is 27.5 Å². The van der Waals surface area contributed by atoms with E-state index in [4.69, 9.17) is 15.0 Å². The maximum absolute atomic E-state index is 5.11. The maximum Gasteiger partial charge on any atom is 0.164 e. The molecule has 1 heterocycles. The fraction of sp³-hybridized carbons (Fsp3) is 0. The van der Waals surface area contributed by atoms with Gasteiger partial charge in [-0.15, -0.1) is 0 Å². The second kappa shape index (κ2) is 13.7. The van der Waals surface area contributed by atoms with E-state index in [-0.39, 0.29) is 0 Å². The molecule has 0 radical (unpaired) electrons. The number of rotatable bonds is 7. The highest BCUT2D eigenvalue weighted by Crippen LogP contribution is 2.39. The van der Waals surface area contributed by atoms with Crippen molar-refractivity contribution in [3.05, 3.63) is 200 Å². The number of hydrogen-bond acceptors (Lipinski definition) is 3. The van der Waals surface area contributed by atoms with Gasteiger partial charge in [-0.3, -0.25) is 0 Å². The smallest absolute Gasteiger partial charge is 0.164 e. The topological polar surface area (TPSA) is 38.7 Å². The van der Waals surface area contributed by atoms with Crippen LogP contribution in [0.2, 0.25) is 0 Å². The van der Waals surface area contributed by atoms with Crippen LogP contribution in [-0.2, 0) is 0 Å². The molecule has 0 unspecified atom stereocenters. The summed E-state index contributed by atoms with van der Waals surface area (Å²) in [5, 5.41) is 2.48. The van der Waals surface area contributed by atoms with Gasteiger partial charge in [-0.1, -0.05) is 182 Å². The molecule has 0 bridgehead atoms. The van der Waals surface area contributed by atoms with Gasteiger partial charge in [0.1, 0.15) is 0 Å². The second-order valence-corrected chi connectivity index (χ2v) is 12.9. The Bertz CT molecular complexity index is 2660. The minimum atomic E-state index is 0.629. The van der Waals surface area contributed by atoms with Gasteiger partial charge in [-0.2, -0.15) is 0 Å². The average molecular weight is 664 g/mol. The highest BCUT2D eigenvalue weighted by Gasteiger charge is 2.16. The maximum atomic E-state index is 5.11. The molecule has 8 aromatic carbocycles. The first-order chi connectivity index (χ1) is 25.8. The molecule has 0 fully saturated rings. The van der Waals surface area contributed by atoms with E-state index in [9.17, 15) is 0 Å². The molecule has 0 saturated carbocycles. The van der Waals surface area contributed by atoms with E-state index < -0.39 is 0 Å². The third kappa shape index (κ3) is 6.17. The fourth-order valence-corrected chi connectivity index (χ4v) is 6.94. The predicted molar refractivity (Wildman–Crippen MR) is 215 cm³/mol. The van der Waals surface area contributed by atoms with Crippen LogP contribution in [0.1, 0.15) is 0 Å². The summed E-state index contributed by atoms with van der Waals surface area (Å²) in [5.74, 6) is 1.90. The van der Waals surface area contributed by atoms with Gasteiger partial charge in [0, 0.05) is 16.7 Å². The summed E-state index contributed by atoms with van der Waals surface area (Å²) >= 11 is 0. The van der Waals surface area contributed by atoms with Crippen molar-refractivity contribution in [1.82, 2.24) is 15.0 Å². The van der Waals surface area contributed by atoms with Crippen LogP contribution >= 0.6 is 0 Å². The van der Waals surface area contributed by atoms with Gasteiger partial charge in [0.2, 0.25) is 0 Å². The standard InChI is InChI=1S/C49H33N3/c1-4-15-34(16-5-1)38-23-12-25-41(31-38)48-50-47(37-20-8-3-9-21-37)51-49(52-48)42-26-13-24-39(32-42)45-30-29-40(33-46(45)36-17-6-2-7-18-36)44-28-14-22-35-19-10-11-27-43(35)44/h1-33H. The minimum Gasteiger partial charge on any atom is -0.208 e. The van der Waals surface area contributed by atoms with Gasteiger partial charge in [-0.05, 0) is 73.5 Å². The molecular formula is C49H33N3. The number of fused-ring (bicyclic) bond motifs is 1. The zero-order valence-electron chi connectivity index (χ0n) is 28.4. The van der Waals surface area contributed by atoms with E-state index in [1.54, 1.807) is 0 Å². The molecule has 1 aromatic heterocycles. The molecule has 9 aromatic rings. The van der Waals surface area contributed by atoms with Gasteiger partial charge in [0.05, 0.1) is 0 Å². The molecule has 0 spiro atoms. The Morgan fingerprint density at radius 3 is 1.38 bits per heavy atom. The molecule has 0 N–H and O–H groups in total. The summed E-state index contributed by atoms with van der Waals surface area (Å²) in [6.45, 7) is 0. The zero-order chi connectivity index (χ0) is 34.7. The van der Waals surface area contributed by atoms with Crippen molar-refractivity contribution in [1.29, 1.82) is 0 Å². The van der Waals surface area contributed by atoms with E-state index in [0.29, 0.717) is 17.5 Å². The summed E-state index contributed by atoms with van der Waals surface area (Å²) in [5.41, 5.74) is 12.0. The molecule has 0 aliphatic rings. The third-order valence-electron chi connectivity index (χ3n) is 9.53. The Morgan fingerprint density at radius 1 is 0.231 bits per heavy atom. The minimum absolute atomic E-state index is 0.629. The van der Waals surface area contributed by atoms with Gasteiger partial charge < -0.3 is 0 Å². The lowest BCUT2D eigenvalue weighted by atomic mass is 9.89. The Balaban J connectivity index is 1.18. The fourth-order valence-electron chi connectivity index (χ4n) is 6.94. The quantitative estimate of drug-likeness (QED) is 0.170. The van der Waals surface area contributed by atoms with Crippen molar-refractivity contribution in [3.63, 3.8) is 0 Å². The number of nitrogens with zero attached hydrogens (tertiary/aromatic N) is 3. The lowest BCUT2D eigenvalue weighted by molar-refractivity contribution is 1.07. The van der Waals surface area contributed by atoms with Crippen LogP contribution < -0.4 is 0 Å². The highest BCUT2D eigenvalue weighted by atomic mass is 15.0. The van der Waals surface area contributed by atoms with Gasteiger partial charge >= 0.3 is 0 Å². The van der Waals surface area contributed by atoms with Crippen molar-refractivity contribution in [3.8, 4) is 78.7 Å². The van der Waals surface area contributed by atoms with Crippen LogP contribution in [0.3, 0.4) is 0 Å². The van der Waals surface area contributed by atoms with Crippen molar-refractivity contribution < 1.29 is 0 Å². The van der Waals surface area contributed by atoms with Crippen molar-refractivity contribution >= 4 is 10.8 Å². The van der Waals surface area contributed by atoms with Crippen LogP contribution in [0.15, 0.2) is 200 Å². The Hall–Kier alpha value is -6.97. The molecule has 244 valence electrons. The number of aromatic nitrogens is 3. The summed E-state index contributed by atoms with van der Waals surface area (Å²) in [7, 11) is 0. The second-order valence-electron chi connectivity index (χ2n) is 12.9. The summed E-state index contributed by atoms with van der Waals surface area (Å²) in [6, 6.07) is 70.1. The molecule has 3 nitrogen and oxygen atoms in total. The Morgan fingerprint density at radius 2 is 0.692 bits per heavy atom. The molecule has 0 aliphatic heterocycles. The number of hydrogen-bond donors (Lipinski definition) is 0. The molecule has 0 amide bonds. The van der Waals surface area contributed by atoms with Crippen LogP contribution in [0.4, 0.5) is 0 Å². The molecular weight excluding hydrogens is 631 g/mol. The molecule has 3 heteroatoms. The summed E-state index contributed by atoms with van der Waals surface area (Å²) < 4.78 is 0. The van der Waals surface area contributed by atoms with Crippen LogP contribution in [0, 0.1) is 0 Å². The highest BCUT2D eigenvalue weighted by molar-refractivity contribution is 5.98. The molecule has 52 heavy (non-hydrogen) atoms. The van der Waals surface area contributed by atoms with Crippen molar-refractivity contribution in [2.75, 3.05) is 0 Å². The summed E-state index contributed by atoms with van der Waals surface area (Å²) in [6.07, 6.45) is 0. The first kappa shape index (κ1) is 31.0. The lowest BCUT2D eigenvalue weighted by Gasteiger charge is -2.15. The van der Waals surface area contributed by atoms with Crippen molar-refractivity contribution in [2.45, 2.75) is 0 Å². The van der Waals surface area contributed by atoms with Crippen LogP contribution in [-0.4, -0.2) is 15.0 Å². The van der Waals surface area contributed by atoms with Gasteiger partial charge in [-0.25, -0.2) is 15.0 Å². The van der Waals surface area contributed by atoms with Crippen LogP contribution in [0.5, 0.6) is 0 Å². The number of benzene rings is 8. The lowest BCUT2D eigenvalue weighted by Crippen LogP contribution is -2.00. The Labute approximate surface area is 303 Å². The first-order valence-corrected chi connectivity index (χ1v) is 17.5. The molecule has 9 rings (SSSR count). The van der Waals surface area contributed by atoms with Gasteiger partial charge in [0.25, 0.3) is 0 Å². The van der Waals surface area contributed by atoms with Crippen molar-refractivity contribution in [2.24, 2.45) is 0 Å². The average Bonchev–Trinajstić information content (AvgIpc) is 3.24. The molecule has 0 atom stereocenters. The SMILES string of the molecule is c1ccc(-c2cccc(-c3nc(-c4ccccc4)nc(-c4cccc(-c5ccc(-c6cccc7ccccc67)cc5-c5ccccc5)c4)n3)c2)cc1. The van der Waals surface area contributed by atoms with Gasteiger partial charge in [0.15, 0.2) is 17.5 Å². The van der Waals surface area contributed by atoms with E-state index in [0.717, 1.165) is 44.5 Å². The molecule has 0 aliphatic carbocycles. The van der Waals surface area contributed by atoms with E-state index in [1.807, 2.05) is 36.4 Å². The van der Waals surface area contributed by atoms with Crippen LogP contribution in [0.25, 0.3) is 89.4 Å². The summed E-state index contributed by atoms with van der Waals surface area (Å²) in [4.78, 5) is 15.2. The molecule has 0 saturated heterocycles. The predicted octanol–water partition coefficient (Wildman–Crippen LogP) is 12.7. The third-order valence-corrected chi connectivity index (χ3v) is 9.53. The zero-order valence-corrected chi connectivity index (χ0v) is 28.4. The monoisotopic (exact) mass is 663 g/mol. The largest absolute Gasteiger partial charge is 0.208 e. The van der Waals surface area contributed by atoms with E-state index in [2.05, 4.69) is 164 Å². The normalized spacial score (nSPS) is 11.1.